The van der Waals surface area contributed by atoms with Gasteiger partial charge in [-0.05, 0) is 97.8 Å². The molecule has 9 atom stereocenters. The molecule has 1 aliphatic rings. The van der Waals surface area contributed by atoms with E-state index in [9.17, 15) is 53.4 Å². The van der Waals surface area contributed by atoms with Crippen molar-refractivity contribution < 1.29 is 53.4 Å². The van der Waals surface area contributed by atoms with Crippen molar-refractivity contribution in [3.63, 3.8) is 0 Å². The van der Waals surface area contributed by atoms with Crippen molar-refractivity contribution in [2.24, 2.45) is 22.9 Å². The molecule has 0 aliphatic carbocycles. The summed E-state index contributed by atoms with van der Waals surface area (Å²) in [5.74, 6) is -8.46. The fourth-order valence-corrected chi connectivity index (χ4v) is 10.5. The zero-order valence-electron chi connectivity index (χ0n) is 42.7. The number of primary amides is 2. The third kappa shape index (κ3) is 19.7. The second-order valence-electron chi connectivity index (χ2n) is 18.6. The number of aliphatic hydroxyl groups excluding tert-OH is 1. The van der Waals surface area contributed by atoms with E-state index < -0.39 is 108 Å². The van der Waals surface area contributed by atoms with Crippen LogP contribution < -0.4 is 60.2 Å². The van der Waals surface area contributed by atoms with Crippen molar-refractivity contribution in [3.05, 3.63) is 136 Å². The first-order chi connectivity index (χ1) is 37.2. The lowest BCUT2D eigenvalue weighted by atomic mass is 10.00. The number of phenols is 1. The number of nitrogens with one attached hydrogen (secondary N) is 7. The van der Waals surface area contributed by atoms with Crippen molar-refractivity contribution in [1.29, 1.82) is 0 Å². The summed E-state index contributed by atoms with van der Waals surface area (Å²) in [5, 5.41) is 40.0. The Balaban J connectivity index is 1.57. The van der Waals surface area contributed by atoms with Crippen LogP contribution in [0.4, 0.5) is 0 Å². The third-order valence-corrected chi connectivity index (χ3v) is 15.1. The van der Waals surface area contributed by atoms with Crippen LogP contribution in [0.2, 0.25) is 5.02 Å². The van der Waals surface area contributed by atoms with E-state index in [1.54, 1.807) is 54.6 Å². The van der Waals surface area contributed by atoms with Gasteiger partial charge in [-0.25, -0.2) is 0 Å². The number of nitrogens with two attached hydrogens (primary N) is 4. The molecule has 0 radical (unpaired) electrons. The van der Waals surface area contributed by atoms with Gasteiger partial charge in [0.1, 0.15) is 48.0 Å². The highest BCUT2D eigenvalue weighted by Gasteiger charge is 2.36. The molecule has 1 aliphatic heterocycles. The molecule has 22 nitrogen and oxygen atoms in total. The van der Waals surface area contributed by atoms with Gasteiger partial charge in [-0.2, -0.15) is 0 Å². The highest BCUT2D eigenvalue weighted by molar-refractivity contribution is 8.76. The molecule has 17 N–H and O–H groups in total. The van der Waals surface area contributed by atoms with Crippen LogP contribution in [0.1, 0.15) is 58.8 Å². The van der Waals surface area contributed by atoms with Crippen LogP contribution in [-0.4, -0.2) is 136 Å². The molecular formula is C53H66ClN11O11S2. The molecule has 1 saturated heterocycles. The second kappa shape index (κ2) is 30.6. The number of unbranched alkanes of at least 4 members (excludes halogenated alkanes) is 1. The molecule has 418 valence electrons. The van der Waals surface area contributed by atoms with Crippen molar-refractivity contribution >= 4 is 86.4 Å². The topological polar surface area (TPSA) is 382 Å². The van der Waals surface area contributed by atoms with Crippen LogP contribution in [0.5, 0.6) is 5.75 Å². The Bertz CT molecular complexity index is 2710. The number of carbonyl (C=O) groups is 9. The fraction of sp³-hybridized carbons (Fsp3) is 0.377. The third-order valence-electron chi connectivity index (χ3n) is 12.4. The Hall–Kier alpha value is -7.22. The normalized spacial score (nSPS) is 21.2. The van der Waals surface area contributed by atoms with Crippen LogP contribution in [0, 0.1) is 0 Å². The van der Waals surface area contributed by atoms with Crippen molar-refractivity contribution in [2.75, 3.05) is 18.1 Å². The summed E-state index contributed by atoms with van der Waals surface area (Å²) in [7, 11) is 1.95. The van der Waals surface area contributed by atoms with Gasteiger partial charge in [0.15, 0.2) is 0 Å². The highest BCUT2D eigenvalue weighted by Crippen LogP contribution is 2.24. The molecule has 1 fully saturated rings. The molecule has 5 rings (SSSR count). The summed E-state index contributed by atoms with van der Waals surface area (Å²) in [6.07, 6.45) is -1.37. The molecule has 4 aromatic carbocycles. The minimum absolute atomic E-state index is 0.0149. The molecule has 0 bridgehead atoms. The van der Waals surface area contributed by atoms with Gasteiger partial charge >= 0.3 is 0 Å². The summed E-state index contributed by atoms with van der Waals surface area (Å²) in [6, 6.07) is 15.4. The van der Waals surface area contributed by atoms with E-state index in [1.807, 2.05) is 0 Å². The van der Waals surface area contributed by atoms with E-state index in [-0.39, 0.29) is 67.9 Å². The summed E-state index contributed by atoms with van der Waals surface area (Å²) in [5.41, 5.74) is 25.7. The lowest BCUT2D eigenvalue weighted by molar-refractivity contribution is -0.136. The Labute approximate surface area is 463 Å². The zero-order chi connectivity index (χ0) is 56.9. The standard InChI is InChI=1S/C53H66ClN11O11S2/c1-29(66)44-53(76)64-43(51(74)60-39(46(58)69)24-30-7-3-2-4-8-30)28-78-77-27-42(63-47(70)37(56)23-31-12-18-35(54)19-13-31)52(75)62-41(26-33-14-20-36(67)21-15-33)50(73)61-40(25-32-10-16-34(17-11-32)45(57)68)49(72)59-38(48(71)65-44)9-5-6-22-55/h2-4,7-8,10-21,29,37-44,66-67H,5-6,9,22-28,55-56H2,1H3,(H2,57,68)(H2,58,69)(H,59,72)(H,60,74)(H,61,73)(H,62,75)(H,63,70)(H,64,76)(H,65,71)/t29-,37+,38+,39?,40-,41+,42-,43+,44+/m1/s1. The predicted molar refractivity (Wildman–Crippen MR) is 296 cm³/mol. The Morgan fingerprint density at radius 2 is 1.21 bits per heavy atom. The van der Waals surface area contributed by atoms with Gasteiger partial charge in [-0.3, -0.25) is 43.2 Å². The van der Waals surface area contributed by atoms with E-state index in [0.29, 0.717) is 33.7 Å². The van der Waals surface area contributed by atoms with E-state index in [1.165, 1.54) is 55.5 Å². The summed E-state index contributed by atoms with van der Waals surface area (Å²) in [6.45, 7) is 1.44. The van der Waals surface area contributed by atoms with Crippen LogP contribution >= 0.6 is 33.2 Å². The largest absolute Gasteiger partial charge is 0.508 e. The van der Waals surface area contributed by atoms with Crippen molar-refractivity contribution in [2.45, 2.75) is 106 Å². The minimum Gasteiger partial charge on any atom is -0.508 e. The van der Waals surface area contributed by atoms with Crippen LogP contribution in [0.3, 0.4) is 0 Å². The van der Waals surface area contributed by atoms with Gasteiger partial charge in [0.2, 0.25) is 53.2 Å². The van der Waals surface area contributed by atoms with Crippen molar-refractivity contribution in [1.82, 2.24) is 37.2 Å². The number of halogens is 1. The molecule has 78 heavy (non-hydrogen) atoms. The first-order valence-corrected chi connectivity index (χ1v) is 27.8. The van der Waals surface area contributed by atoms with E-state index >= 15 is 0 Å². The molecule has 1 heterocycles. The number of aliphatic hydroxyl groups is 1. The highest BCUT2D eigenvalue weighted by atomic mass is 35.5. The van der Waals surface area contributed by atoms with Gasteiger partial charge in [-0.15, -0.1) is 0 Å². The summed E-state index contributed by atoms with van der Waals surface area (Å²) in [4.78, 5) is 125. The number of aromatic hydroxyl groups is 1. The molecule has 1 unspecified atom stereocenters. The monoisotopic (exact) mass is 1130 g/mol. The Morgan fingerprint density at radius 1 is 0.667 bits per heavy atom. The number of carbonyl (C=O) groups excluding carboxylic acids is 9. The van der Waals surface area contributed by atoms with Gasteiger partial charge < -0.3 is 70.4 Å². The average molecular weight is 1130 g/mol. The number of hydrogen-bond acceptors (Lipinski definition) is 15. The molecule has 0 saturated carbocycles. The van der Waals surface area contributed by atoms with E-state index in [0.717, 1.165) is 21.6 Å². The Kier molecular flexibility index (Phi) is 24.2. The first kappa shape index (κ1) is 61.6. The number of benzene rings is 4. The second-order valence-corrected chi connectivity index (χ2v) is 21.6. The number of amides is 9. The van der Waals surface area contributed by atoms with E-state index in [4.69, 9.17) is 34.5 Å². The SMILES string of the molecule is C[C@@H](O)[C@@H]1NC(=O)[C@H](CCCCN)NC(=O)[C@@H](Cc2ccc(C(N)=O)cc2)NC(=O)[C@H](Cc2ccc(O)cc2)NC(=O)[C@H](NC(=O)[C@@H](N)Cc2ccc(Cl)cc2)CSSC[C@@H](C(=O)NC(Cc2ccccc2)C(N)=O)NC1=O. The van der Waals surface area contributed by atoms with Gasteiger partial charge in [0, 0.05) is 41.4 Å². The molecule has 4 aromatic rings. The smallest absolute Gasteiger partial charge is 0.248 e. The lowest BCUT2D eigenvalue weighted by Crippen LogP contribution is -2.62. The van der Waals surface area contributed by atoms with E-state index in [2.05, 4.69) is 37.2 Å². The minimum atomic E-state index is -1.73. The molecule has 25 heteroatoms. The average Bonchev–Trinajstić information content (AvgIpc) is 3.41. The lowest BCUT2D eigenvalue weighted by Gasteiger charge is -2.29. The summed E-state index contributed by atoms with van der Waals surface area (Å²) >= 11 is 6.07. The quantitative estimate of drug-likeness (QED) is 0.0417. The zero-order valence-corrected chi connectivity index (χ0v) is 45.0. The number of phenolic OH excluding ortho intramolecular Hbond substituents is 1. The predicted octanol–water partition coefficient (Wildman–Crippen LogP) is -0.474. The van der Waals surface area contributed by atoms with Crippen LogP contribution in [-0.2, 0) is 64.0 Å². The molecule has 9 amide bonds. The van der Waals surface area contributed by atoms with Crippen LogP contribution in [0.25, 0.3) is 0 Å². The van der Waals surface area contributed by atoms with Gasteiger partial charge in [-0.1, -0.05) is 99.9 Å². The maximum absolute atomic E-state index is 14.7. The van der Waals surface area contributed by atoms with Gasteiger partial charge in [0.05, 0.1) is 12.1 Å². The van der Waals surface area contributed by atoms with Gasteiger partial charge in [0.25, 0.3) is 0 Å². The number of hydrogen-bond donors (Lipinski definition) is 13. The maximum Gasteiger partial charge on any atom is 0.248 e. The first-order valence-electron chi connectivity index (χ1n) is 25.0. The molecular weight excluding hydrogens is 1070 g/mol. The fourth-order valence-electron chi connectivity index (χ4n) is 8.02. The van der Waals surface area contributed by atoms with Crippen molar-refractivity contribution in [3.8, 4) is 5.75 Å². The van der Waals surface area contributed by atoms with Crippen LogP contribution in [0.15, 0.2) is 103 Å². The maximum atomic E-state index is 14.7. The number of rotatable bonds is 19. The molecule has 0 spiro atoms. The Morgan fingerprint density at radius 3 is 1.78 bits per heavy atom. The molecule has 0 aromatic heterocycles. The summed E-state index contributed by atoms with van der Waals surface area (Å²) < 4.78 is 0.